The Labute approximate surface area is 154 Å². The van der Waals surface area contributed by atoms with Crippen molar-refractivity contribution in [3.05, 3.63) is 36.3 Å². The van der Waals surface area contributed by atoms with Crippen molar-refractivity contribution in [1.82, 2.24) is 20.2 Å². The number of piperidine rings is 1. The van der Waals surface area contributed by atoms with E-state index < -0.39 is 0 Å². The standard InChI is InChI=1S/C20H26N4O2/c25-20(19-2-1-16-14-21-8-3-18(16)23-19)22-13-15-4-9-24(10-5-15)17-6-11-26-12-7-17/h1-3,8,14-15,17H,4-7,9-13H2,(H,22,25). The molecule has 6 nitrogen and oxygen atoms in total. The summed E-state index contributed by atoms with van der Waals surface area (Å²) in [4.78, 5) is 23.6. The number of hydrogen-bond donors (Lipinski definition) is 1. The molecule has 2 aliphatic rings. The number of aromatic nitrogens is 2. The van der Waals surface area contributed by atoms with Crippen molar-refractivity contribution in [3.8, 4) is 0 Å². The van der Waals surface area contributed by atoms with Crippen molar-refractivity contribution < 1.29 is 9.53 Å². The zero-order chi connectivity index (χ0) is 17.8. The van der Waals surface area contributed by atoms with E-state index >= 15 is 0 Å². The summed E-state index contributed by atoms with van der Waals surface area (Å²) in [6.45, 7) is 4.79. The monoisotopic (exact) mass is 354 g/mol. The number of hydrogen-bond acceptors (Lipinski definition) is 5. The fourth-order valence-electron chi connectivity index (χ4n) is 3.99. The van der Waals surface area contributed by atoms with Gasteiger partial charge in [-0.25, -0.2) is 4.98 Å². The molecule has 2 aromatic heterocycles. The molecule has 0 spiro atoms. The van der Waals surface area contributed by atoms with Crippen LogP contribution in [0.2, 0.25) is 0 Å². The molecular weight excluding hydrogens is 328 g/mol. The molecule has 0 aliphatic carbocycles. The first kappa shape index (κ1) is 17.4. The molecule has 2 saturated heterocycles. The molecule has 1 N–H and O–H groups in total. The molecule has 138 valence electrons. The molecule has 0 unspecified atom stereocenters. The molecule has 0 saturated carbocycles. The van der Waals surface area contributed by atoms with Crippen molar-refractivity contribution in [1.29, 1.82) is 0 Å². The minimum atomic E-state index is -0.0874. The molecule has 26 heavy (non-hydrogen) atoms. The van der Waals surface area contributed by atoms with Crippen LogP contribution in [0.1, 0.15) is 36.2 Å². The van der Waals surface area contributed by atoms with E-state index in [0.717, 1.165) is 69.4 Å². The zero-order valence-electron chi connectivity index (χ0n) is 15.1. The predicted octanol–water partition coefficient (Wildman–Crippen LogP) is 2.25. The third-order valence-corrected chi connectivity index (χ3v) is 5.63. The Balaban J connectivity index is 1.26. The molecule has 6 heteroatoms. The van der Waals surface area contributed by atoms with Gasteiger partial charge < -0.3 is 15.0 Å². The molecule has 4 heterocycles. The van der Waals surface area contributed by atoms with Gasteiger partial charge in [-0.1, -0.05) is 0 Å². The number of nitrogens with zero attached hydrogens (tertiary/aromatic N) is 3. The van der Waals surface area contributed by atoms with Crippen LogP contribution in [0.4, 0.5) is 0 Å². The molecule has 2 aromatic rings. The summed E-state index contributed by atoms with van der Waals surface area (Å²) in [5.41, 5.74) is 1.28. The molecule has 1 amide bonds. The SMILES string of the molecule is O=C(NCC1CCN(C2CCOCC2)CC1)c1ccc2cnccc2n1. The summed E-state index contributed by atoms with van der Waals surface area (Å²) in [6.07, 6.45) is 8.07. The van der Waals surface area contributed by atoms with Crippen molar-refractivity contribution >= 4 is 16.8 Å². The summed E-state index contributed by atoms with van der Waals surface area (Å²) in [5.74, 6) is 0.468. The maximum Gasteiger partial charge on any atom is 0.269 e. The average molecular weight is 354 g/mol. The van der Waals surface area contributed by atoms with E-state index in [1.807, 2.05) is 12.1 Å². The van der Waals surface area contributed by atoms with Crippen LogP contribution in [0.15, 0.2) is 30.6 Å². The van der Waals surface area contributed by atoms with Crippen molar-refractivity contribution in [3.63, 3.8) is 0 Å². The van der Waals surface area contributed by atoms with Crippen LogP contribution < -0.4 is 5.32 Å². The van der Waals surface area contributed by atoms with E-state index in [9.17, 15) is 4.79 Å². The zero-order valence-corrected chi connectivity index (χ0v) is 15.1. The minimum Gasteiger partial charge on any atom is -0.381 e. The summed E-state index contributed by atoms with van der Waals surface area (Å²) >= 11 is 0. The highest BCUT2D eigenvalue weighted by molar-refractivity contribution is 5.94. The number of carbonyl (C=O) groups excluding carboxylic acids is 1. The predicted molar refractivity (Wildman–Crippen MR) is 100 cm³/mol. The fourth-order valence-corrected chi connectivity index (χ4v) is 3.99. The number of rotatable bonds is 4. The van der Waals surface area contributed by atoms with Crippen LogP contribution in [0, 0.1) is 5.92 Å². The lowest BCUT2D eigenvalue weighted by atomic mass is 9.94. The fraction of sp³-hybridized carbons (Fsp3) is 0.550. The minimum absolute atomic E-state index is 0.0874. The van der Waals surface area contributed by atoms with Gasteiger partial charge in [0.25, 0.3) is 5.91 Å². The normalized spacial score (nSPS) is 20.3. The van der Waals surface area contributed by atoms with Crippen LogP contribution in [0.3, 0.4) is 0 Å². The molecule has 2 fully saturated rings. The highest BCUT2D eigenvalue weighted by atomic mass is 16.5. The lowest BCUT2D eigenvalue weighted by molar-refractivity contribution is 0.0211. The summed E-state index contributed by atoms with van der Waals surface area (Å²) in [5, 5.41) is 4.02. The Morgan fingerprint density at radius 1 is 1.15 bits per heavy atom. The third kappa shape index (κ3) is 4.02. The Hall–Kier alpha value is -2.05. The van der Waals surface area contributed by atoms with Gasteiger partial charge in [-0.15, -0.1) is 0 Å². The molecule has 0 radical (unpaired) electrons. The van der Waals surface area contributed by atoms with Crippen LogP contribution in [0.5, 0.6) is 0 Å². The maximum absolute atomic E-state index is 12.4. The summed E-state index contributed by atoms with van der Waals surface area (Å²) < 4.78 is 5.46. The summed E-state index contributed by atoms with van der Waals surface area (Å²) in [7, 11) is 0. The largest absolute Gasteiger partial charge is 0.381 e. The number of ether oxygens (including phenoxy) is 1. The highest BCUT2D eigenvalue weighted by Gasteiger charge is 2.26. The second-order valence-electron chi connectivity index (χ2n) is 7.30. The quantitative estimate of drug-likeness (QED) is 0.912. The Morgan fingerprint density at radius 3 is 2.77 bits per heavy atom. The molecule has 2 aliphatic heterocycles. The van der Waals surface area contributed by atoms with Crippen LogP contribution in [-0.4, -0.2) is 59.7 Å². The van der Waals surface area contributed by atoms with Gasteiger partial charge in [-0.05, 0) is 62.9 Å². The van der Waals surface area contributed by atoms with Gasteiger partial charge in [0.1, 0.15) is 5.69 Å². The number of likely N-dealkylation sites (tertiary alicyclic amines) is 1. The Kier molecular flexibility index (Phi) is 5.41. The lowest BCUT2D eigenvalue weighted by Crippen LogP contribution is -2.45. The van der Waals surface area contributed by atoms with E-state index in [1.54, 1.807) is 18.5 Å². The van der Waals surface area contributed by atoms with Gasteiger partial charge in [0.2, 0.25) is 0 Å². The first-order chi connectivity index (χ1) is 12.8. The second kappa shape index (κ2) is 8.10. The van der Waals surface area contributed by atoms with Crippen LogP contribution in [-0.2, 0) is 4.74 Å². The van der Waals surface area contributed by atoms with Crippen molar-refractivity contribution in [2.45, 2.75) is 31.7 Å². The first-order valence-corrected chi connectivity index (χ1v) is 9.60. The molecule has 0 bridgehead atoms. The maximum atomic E-state index is 12.4. The average Bonchev–Trinajstić information content (AvgIpc) is 2.72. The van der Waals surface area contributed by atoms with Gasteiger partial charge in [0.05, 0.1) is 5.52 Å². The number of nitrogens with one attached hydrogen (secondary N) is 1. The van der Waals surface area contributed by atoms with E-state index in [2.05, 4.69) is 20.2 Å². The van der Waals surface area contributed by atoms with Crippen LogP contribution in [0.25, 0.3) is 10.9 Å². The third-order valence-electron chi connectivity index (χ3n) is 5.63. The van der Waals surface area contributed by atoms with Crippen molar-refractivity contribution in [2.24, 2.45) is 5.92 Å². The van der Waals surface area contributed by atoms with E-state index in [0.29, 0.717) is 17.7 Å². The molecular formula is C20H26N4O2. The summed E-state index contributed by atoms with van der Waals surface area (Å²) in [6, 6.07) is 6.19. The van der Waals surface area contributed by atoms with E-state index in [-0.39, 0.29) is 5.91 Å². The topological polar surface area (TPSA) is 67.4 Å². The Morgan fingerprint density at radius 2 is 1.96 bits per heavy atom. The molecule has 0 atom stereocenters. The highest BCUT2D eigenvalue weighted by Crippen LogP contribution is 2.23. The van der Waals surface area contributed by atoms with Gasteiger partial charge in [-0.3, -0.25) is 9.78 Å². The van der Waals surface area contributed by atoms with E-state index in [4.69, 9.17) is 4.74 Å². The second-order valence-corrected chi connectivity index (χ2v) is 7.30. The number of fused-ring (bicyclic) bond motifs is 1. The van der Waals surface area contributed by atoms with E-state index in [1.165, 1.54) is 0 Å². The lowest BCUT2D eigenvalue weighted by Gasteiger charge is -2.39. The Bertz CT molecular complexity index is 752. The van der Waals surface area contributed by atoms with Gasteiger partial charge in [0.15, 0.2) is 0 Å². The van der Waals surface area contributed by atoms with Gasteiger partial charge in [-0.2, -0.15) is 0 Å². The van der Waals surface area contributed by atoms with Crippen molar-refractivity contribution in [2.75, 3.05) is 32.8 Å². The number of carbonyl (C=O) groups is 1. The smallest absolute Gasteiger partial charge is 0.269 e. The first-order valence-electron chi connectivity index (χ1n) is 9.60. The van der Waals surface area contributed by atoms with Crippen LogP contribution >= 0.6 is 0 Å². The molecule has 0 aromatic carbocycles. The number of pyridine rings is 2. The van der Waals surface area contributed by atoms with Gasteiger partial charge >= 0.3 is 0 Å². The number of amides is 1. The van der Waals surface area contributed by atoms with Gasteiger partial charge in [0, 0.05) is 43.6 Å². The molecule has 4 rings (SSSR count).